The fraction of sp³-hybridized carbons (Fsp3) is 0.375. The minimum Gasteiger partial charge on any atom is -0.326 e. The number of aromatic nitrogens is 4. The van der Waals surface area contributed by atoms with E-state index in [-0.39, 0.29) is 17.2 Å². The maximum Gasteiger partial charge on any atom is 0.248 e. The molecule has 0 fully saturated rings. The van der Waals surface area contributed by atoms with Crippen molar-refractivity contribution in [3.8, 4) is 0 Å². The molecule has 4 rings (SSSR count). The Hall–Kier alpha value is -2.02. The number of nitrogens with one attached hydrogen (secondary N) is 1. The molecule has 6 nitrogen and oxygen atoms in total. The summed E-state index contributed by atoms with van der Waals surface area (Å²) in [6.45, 7) is 4.23. The zero-order valence-electron chi connectivity index (χ0n) is 12.9. The molecule has 0 spiro atoms. The highest BCUT2D eigenvalue weighted by Gasteiger charge is 2.41. The van der Waals surface area contributed by atoms with Crippen LogP contribution in [0.5, 0.6) is 0 Å². The zero-order chi connectivity index (χ0) is 16.2. The van der Waals surface area contributed by atoms with E-state index < -0.39 is 0 Å². The van der Waals surface area contributed by atoms with Crippen molar-refractivity contribution >= 4 is 27.7 Å². The summed E-state index contributed by atoms with van der Waals surface area (Å²) in [4.78, 5) is 12.9. The Kier molecular flexibility index (Phi) is 3.16. The first-order chi connectivity index (χ1) is 10.9. The maximum atomic E-state index is 12.9. The maximum absolute atomic E-state index is 12.9. The van der Waals surface area contributed by atoms with Gasteiger partial charge >= 0.3 is 0 Å². The van der Waals surface area contributed by atoms with E-state index >= 15 is 0 Å². The molecule has 1 aromatic heterocycles. The molecule has 0 bridgehead atoms. The lowest BCUT2D eigenvalue weighted by Crippen LogP contribution is -2.36. The molecule has 2 aromatic rings. The van der Waals surface area contributed by atoms with Gasteiger partial charge in [-0.1, -0.05) is 47.0 Å². The first kappa shape index (κ1) is 14.6. The van der Waals surface area contributed by atoms with Gasteiger partial charge in [0.25, 0.3) is 0 Å². The van der Waals surface area contributed by atoms with Crippen LogP contribution in [0.2, 0.25) is 0 Å². The Balaban J connectivity index is 1.91. The van der Waals surface area contributed by atoms with Gasteiger partial charge in [0.05, 0.1) is 0 Å². The van der Waals surface area contributed by atoms with Crippen molar-refractivity contribution in [3.05, 3.63) is 45.6 Å². The van der Waals surface area contributed by atoms with Crippen LogP contribution < -0.4 is 5.32 Å². The number of benzene rings is 1. The highest BCUT2D eigenvalue weighted by atomic mass is 79.9. The van der Waals surface area contributed by atoms with E-state index in [1.54, 1.807) is 4.68 Å². The quantitative estimate of drug-likeness (QED) is 0.831. The zero-order valence-corrected chi connectivity index (χ0v) is 14.5. The smallest absolute Gasteiger partial charge is 0.248 e. The number of halogens is 1. The Bertz CT molecular complexity index is 839. The van der Waals surface area contributed by atoms with E-state index in [4.69, 9.17) is 0 Å². The summed E-state index contributed by atoms with van der Waals surface area (Å²) in [5.74, 6) is 0.745. The van der Waals surface area contributed by atoms with Crippen LogP contribution in [0.1, 0.15) is 38.3 Å². The summed E-state index contributed by atoms with van der Waals surface area (Å²) in [7, 11) is 0. The van der Waals surface area contributed by atoms with Gasteiger partial charge in [0.1, 0.15) is 6.04 Å². The van der Waals surface area contributed by atoms with E-state index in [2.05, 4.69) is 50.6 Å². The number of Topliss-reactive ketones (excluding diaryl/α,β-unsaturated/α-hetero) is 1. The molecular weight excluding hydrogens is 358 g/mol. The van der Waals surface area contributed by atoms with E-state index in [0.717, 1.165) is 27.7 Å². The van der Waals surface area contributed by atoms with Gasteiger partial charge in [0.2, 0.25) is 5.95 Å². The fourth-order valence-electron chi connectivity index (χ4n) is 3.46. The Morgan fingerprint density at radius 1 is 1.35 bits per heavy atom. The lowest BCUT2D eigenvalue weighted by Gasteiger charge is -2.37. The molecular formula is C16H16BrN5O. The van der Waals surface area contributed by atoms with Crippen LogP contribution in [0.15, 0.2) is 40.0 Å². The van der Waals surface area contributed by atoms with Crippen LogP contribution >= 0.6 is 15.9 Å². The number of hydrogen-bond acceptors (Lipinski definition) is 5. The second kappa shape index (κ2) is 4.99. The Morgan fingerprint density at radius 2 is 2.17 bits per heavy atom. The summed E-state index contributed by atoms with van der Waals surface area (Å²) in [5.41, 5.74) is 2.66. The number of fused-ring (bicyclic) bond motifs is 1. The standard InChI is InChI=1S/C16H16BrN5O/c1-16(2)7-11-13(12(23)8-16)14(9-4-3-5-10(17)6-9)22-15(18-11)19-20-21-22/h3-6,14H,7-8H2,1-2H3,(H,18,19,21). The highest BCUT2D eigenvalue weighted by Crippen LogP contribution is 2.45. The molecule has 1 aliphatic heterocycles. The van der Waals surface area contributed by atoms with Gasteiger partial charge in [-0.3, -0.25) is 4.79 Å². The molecule has 23 heavy (non-hydrogen) atoms. The minimum absolute atomic E-state index is 0.0552. The molecule has 2 heterocycles. The summed E-state index contributed by atoms with van der Waals surface area (Å²) in [5, 5.41) is 15.2. The van der Waals surface area contributed by atoms with Crippen molar-refractivity contribution in [2.45, 2.75) is 32.7 Å². The summed E-state index contributed by atoms with van der Waals surface area (Å²) >= 11 is 3.50. The number of ketones is 1. The molecule has 1 atom stereocenters. The van der Waals surface area contributed by atoms with Crippen LogP contribution in [-0.2, 0) is 4.79 Å². The van der Waals surface area contributed by atoms with Crippen LogP contribution in [0.4, 0.5) is 5.95 Å². The van der Waals surface area contributed by atoms with Gasteiger partial charge in [0.15, 0.2) is 5.78 Å². The summed E-state index contributed by atoms with van der Waals surface area (Å²) in [6, 6.07) is 7.66. The van der Waals surface area contributed by atoms with E-state index in [1.807, 2.05) is 24.3 Å². The van der Waals surface area contributed by atoms with Gasteiger partial charge in [-0.15, -0.1) is 0 Å². The van der Waals surface area contributed by atoms with E-state index in [0.29, 0.717) is 12.4 Å². The number of allylic oxidation sites excluding steroid dienone is 2. The second-order valence-corrected chi connectivity index (χ2v) is 7.78. The number of anilines is 1. The average molecular weight is 374 g/mol. The van der Waals surface area contributed by atoms with Crippen LogP contribution in [0.3, 0.4) is 0 Å². The minimum atomic E-state index is -0.280. The molecule has 1 unspecified atom stereocenters. The normalized spacial score (nSPS) is 22.4. The first-order valence-electron chi connectivity index (χ1n) is 7.51. The van der Waals surface area contributed by atoms with Crippen molar-refractivity contribution in [1.82, 2.24) is 20.2 Å². The summed E-state index contributed by atoms with van der Waals surface area (Å²) < 4.78 is 2.66. The molecule has 0 amide bonds. The van der Waals surface area contributed by atoms with Crippen molar-refractivity contribution in [1.29, 1.82) is 0 Å². The van der Waals surface area contributed by atoms with Gasteiger partial charge < -0.3 is 5.32 Å². The average Bonchev–Trinajstić information content (AvgIpc) is 2.91. The molecule has 2 aliphatic rings. The third kappa shape index (κ3) is 2.39. The van der Waals surface area contributed by atoms with Crippen LogP contribution in [0, 0.1) is 5.41 Å². The molecule has 0 radical (unpaired) electrons. The molecule has 0 saturated carbocycles. The molecule has 7 heteroatoms. The lowest BCUT2D eigenvalue weighted by atomic mass is 9.73. The van der Waals surface area contributed by atoms with E-state index in [1.165, 1.54) is 0 Å². The van der Waals surface area contributed by atoms with Gasteiger partial charge in [0, 0.05) is 22.2 Å². The molecule has 118 valence electrons. The van der Waals surface area contributed by atoms with Gasteiger partial charge in [-0.25, -0.2) is 0 Å². The third-order valence-electron chi connectivity index (χ3n) is 4.36. The SMILES string of the molecule is CC1(C)CC(=O)C2=C(C1)Nc1nnnn1C2c1cccc(Br)c1. The predicted octanol–water partition coefficient (Wildman–Crippen LogP) is 3.09. The second-order valence-electron chi connectivity index (χ2n) is 6.86. The van der Waals surface area contributed by atoms with Crippen molar-refractivity contribution < 1.29 is 4.79 Å². The summed E-state index contributed by atoms with van der Waals surface area (Å²) in [6.07, 6.45) is 1.35. The molecule has 1 N–H and O–H groups in total. The van der Waals surface area contributed by atoms with E-state index in [9.17, 15) is 4.79 Å². The highest BCUT2D eigenvalue weighted by molar-refractivity contribution is 9.10. The van der Waals surface area contributed by atoms with Crippen molar-refractivity contribution in [2.24, 2.45) is 5.41 Å². The van der Waals surface area contributed by atoms with Crippen LogP contribution in [0.25, 0.3) is 0 Å². The number of carbonyl (C=O) groups is 1. The Morgan fingerprint density at radius 3 is 2.96 bits per heavy atom. The van der Waals surface area contributed by atoms with Crippen molar-refractivity contribution in [3.63, 3.8) is 0 Å². The molecule has 0 saturated heterocycles. The van der Waals surface area contributed by atoms with Gasteiger partial charge in [-0.2, -0.15) is 4.68 Å². The lowest BCUT2D eigenvalue weighted by molar-refractivity contribution is -0.118. The number of tetrazole rings is 1. The third-order valence-corrected chi connectivity index (χ3v) is 4.85. The van der Waals surface area contributed by atoms with Gasteiger partial charge in [-0.05, 0) is 40.0 Å². The number of nitrogens with zero attached hydrogens (tertiary/aromatic N) is 4. The fourth-order valence-corrected chi connectivity index (χ4v) is 3.87. The topological polar surface area (TPSA) is 72.7 Å². The first-order valence-corrected chi connectivity index (χ1v) is 8.30. The molecule has 1 aliphatic carbocycles. The predicted molar refractivity (Wildman–Crippen MR) is 88.8 cm³/mol. The number of rotatable bonds is 1. The Labute approximate surface area is 142 Å². The number of carbonyl (C=O) groups excluding carboxylic acids is 1. The monoisotopic (exact) mass is 373 g/mol. The largest absolute Gasteiger partial charge is 0.326 e. The van der Waals surface area contributed by atoms with Crippen molar-refractivity contribution in [2.75, 3.05) is 5.32 Å². The number of hydrogen-bond donors (Lipinski definition) is 1. The molecule has 1 aromatic carbocycles. The van der Waals surface area contributed by atoms with Crippen LogP contribution in [-0.4, -0.2) is 26.0 Å².